The van der Waals surface area contributed by atoms with Gasteiger partial charge in [-0.05, 0) is 12.8 Å². The third kappa shape index (κ3) is 0.923. The van der Waals surface area contributed by atoms with E-state index in [1.807, 2.05) is 0 Å². The molecule has 0 heterocycles. The molecule has 1 fully saturated rings. The van der Waals surface area contributed by atoms with Crippen LogP contribution in [0.1, 0.15) is 19.3 Å². The number of fused-ring (bicyclic) bond motifs is 1. The lowest BCUT2D eigenvalue weighted by Crippen LogP contribution is -2.55. The van der Waals surface area contributed by atoms with Crippen LogP contribution in [0.15, 0.2) is 24.0 Å². The Balaban J connectivity index is 2.64. The molecule has 0 radical (unpaired) electrons. The number of hydrogen-bond donors (Lipinski definition) is 3. The molecule has 2 aliphatic rings. The monoisotopic (exact) mass is 224 g/mol. The van der Waals surface area contributed by atoms with Gasteiger partial charge in [-0.3, -0.25) is 9.59 Å². The van der Waals surface area contributed by atoms with E-state index < -0.39 is 28.5 Å². The summed E-state index contributed by atoms with van der Waals surface area (Å²) in [5.74, 6) is -2.32. The van der Waals surface area contributed by atoms with Gasteiger partial charge in [-0.1, -0.05) is 6.08 Å². The summed E-state index contributed by atoms with van der Waals surface area (Å²) in [5.41, 5.74) is -4.59. The van der Waals surface area contributed by atoms with Gasteiger partial charge < -0.3 is 15.3 Å². The van der Waals surface area contributed by atoms with E-state index in [1.165, 1.54) is 6.08 Å². The molecule has 5 nitrogen and oxygen atoms in total. The maximum Gasteiger partial charge on any atom is 0.232 e. The molecule has 86 valence electrons. The van der Waals surface area contributed by atoms with Crippen molar-refractivity contribution in [2.45, 2.75) is 30.5 Å². The van der Waals surface area contributed by atoms with Crippen LogP contribution in [0.4, 0.5) is 0 Å². The molecule has 0 aromatic heterocycles. The average molecular weight is 224 g/mol. The maximum absolute atomic E-state index is 11.6. The highest BCUT2D eigenvalue weighted by Gasteiger charge is 2.70. The molecule has 0 amide bonds. The Kier molecular flexibility index (Phi) is 2.09. The van der Waals surface area contributed by atoms with Crippen LogP contribution >= 0.6 is 0 Å². The second-order valence-electron chi connectivity index (χ2n) is 4.14. The fourth-order valence-electron chi connectivity index (χ4n) is 2.48. The molecule has 0 aliphatic heterocycles. The molecule has 0 saturated heterocycles. The van der Waals surface area contributed by atoms with Crippen molar-refractivity contribution in [3.63, 3.8) is 0 Å². The third-order valence-electron chi connectivity index (χ3n) is 3.38. The Labute approximate surface area is 91.7 Å². The highest BCUT2D eigenvalue weighted by Crippen LogP contribution is 2.50. The summed E-state index contributed by atoms with van der Waals surface area (Å²) in [6.07, 6.45) is 1.11. The number of aliphatic hydroxyl groups is 3. The lowest BCUT2D eigenvalue weighted by molar-refractivity contribution is -0.158. The van der Waals surface area contributed by atoms with Crippen LogP contribution in [0, 0.1) is 0 Å². The number of allylic oxidation sites excluding steroid dienone is 1. The second kappa shape index (κ2) is 3.02. The van der Waals surface area contributed by atoms with Crippen molar-refractivity contribution in [3.8, 4) is 0 Å². The van der Waals surface area contributed by atoms with Crippen molar-refractivity contribution in [1.82, 2.24) is 0 Å². The van der Waals surface area contributed by atoms with Gasteiger partial charge in [0.15, 0.2) is 22.7 Å². The molecule has 16 heavy (non-hydrogen) atoms. The minimum atomic E-state index is -2.26. The van der Waals surface area contributed by atoms with Gasteiger partial charge in [0.2, 0.25) is 5.78 Å². The van der Waals surface area contributed by atoms with E-state index in [4.69, 9.17) is 0 Å². The van der Waals surface area contributed by atoms with E-state index in [9.17, 15) is 24.9 Å². The molecule has 0 aromatic carbocycles. The molecular formula is C11H12O5. The highest BCUT2D eigenvalue weighted by atomic mass is 16.4. The number of carbonyl (C=O) groups excluding carboxylic acids is 2. The molecule has 5 heteroatoms. The van der Waals surface area contributed by atoms with Crippen LogP contribution in [0.25, 0.3) is 0 Å². The van der Waals surface area contributed by atoms with E-state index in [2.05, 4.69) is 6.58 Å². The van der Waals surface area contributed by atoms with Crippen molar-refractivity contribution in [2.75, 3.05) is 0 Å². The zero-order chi connectivity index (χ0) is 12.1. The first-order valence-corrected chi connectivity index (χ1v) is 4.96. The van der Waals surface area contributed by atoms with E-state index in [-0.39, 0.29) is 24.8 Å². The van der Waals surface area contributed by atoms with Crippen molar-refractivity contribution in [2.24, 2.45) is 0 Å². The van der Waals surface area contributed by atoms with Gasteiger partial charge in [-0.15, -0.1) is 6.58 Å². The molecule has 1 saturated carbocycles. The Morgan fingerprint density at radius 2 is 2.00 bits per heavy atom. The second-order valence-corrected chi connectivity index (χ2v) is 4.14. The molecule has 2 rings (SSSR count). The summed E-state index contributed by atoms with van der Waals surface area (Å²) in [5, 5.41) is 29.8. The minimum absolute atomic E-state index is 0.0118. The predicted octanol–water partition coefficient (Wildman–Crippen LogP) is -0.218. The number of carbonyl (C=O) groups is 2. The fraction of sp³-hybridized carbons (Fsp3) is 0.455. The highest BCUT2D eigenvalue weighted by molar-refractivity contribution is 6.15. The quantitative estimate of drug-likeness (QED) is 0.564. The minimum Gasteiger partial charge on any atom is -0.504 e. The fourth-order valence-corrected chi connectivity index (χ4v) is 2.48. The first-order valence-electron chi connectivity index (χ1n) is 4.96. The predicted molar refractivity (Wildman–Crippen MR) is 53.6 cm³/mol. The summed E-state index contributed by atoms with van der Waals surface area (Å²) in [6.45, 7) is 3.42. The summed E-state index contributed by atoms with van der Waals surface area (Å²) < 4.78 is 0. The number of rotatable bonds is 2. The Hall–Kier alpha value is -1.46. The van der Waals surface area contributed by atoms with Crippen LogP contribution in [0.3, 0.4) is 0 Å². The summed E-state index contributed by atoms with van der Waals surface area (Å²) >= 11 is 0. The molecular weight excluding hydrogens is 212 g/mol. The number of ketones is 2. The Morgan fingerprint density at radius 1 is 1.38 bits per heavy atom. The van der Waals surface area contributed by atoms with Gasteiger partial charge in [0.1, 0.15) is 0 Å². The lowest BCUT2D eigenvalue weighted by atomic mass is 9.83. The zero-order valence-corrected chi connectivity index (χ0v) is 8.56. The van der Waals surface area contributed by atoms with Crippen LogP contribution in [-0.4, -0.2) is 38.1 Å². The topological polar surface area (TPSA) is 94.8 Å². The van der Waals surface area contributed by atoms with E-state index in [1.54, 1.807) is 0 Å². The van der Waals surface area contributed by atoms with Gasteiger partial charge in [-0.2, -0.15) is 0 Å². The summed E-state index contributed by atoms with van der Waals surface area (Å²) in [4.78, 5) is 23.3. The first-order chi connectivity index (χ1) is 7.39. The van der Waals surface area contributed by atoms with Gasteiger partial charge in [0.05, 0.1) is 0 Å². The van der Waals surface area contributed by atoms with E-state index in [0.29, 0.717) is 0 Å². The first kappa shape index (κ1) is 11.0. The third-order valence-corrected chi connectivity index (χ3v) is 3.38. The van der Waals surface area contributed by atoms with Crippen molar-refractivity contribution in [3.05, 3.63) is 24.0 Å². The van der Waals surface area contributed by atoms with Crippen LogP contribution in [0.5, 0.6) is 0 Å². The van der Waals surface area contributed by atoms with Crippen molar-refractivity contribution >= 4 is 11.6 Å². The number of Topliss-reactive ketones (excluding diaryl/α,β-unsaturated/α-hetero) is 2. The van der Waals surface area contributed by atoms with Crippen LogP contribution in [-0.2, 0) is 9.59 Å². The van der Waals surface area contributed by atoms with E-state index in [0.717, 1.165) is 0 Å². The standard InChI is InChI=1S/C11H12O5/c1-2-3-6-8(13)9(14)10(15)5-4-7(12)11(6,10)16/h2,13,15-16H,1,3-5H2/t10-,11-/m1/s1. The van der Waals surface area contributed by atoms with Crippen molar-refractivity contribution < 1.29 is 24.9 Å². The normalized spacial score (nSPS) is 38.1. The molecule has 0 unspecified atom stereocenters. The molecule has 2 atom stereocenters. The van der Waals surface area contributed by atoms with E-state index >= 15 is 0 Å². The molecule has 0 bridgehead atoms. The molecule has 2 aliphatic carbocycles. The van der Waals surface area contributed by atoms with Gasteiger partial charge in [0, 0.05) is 12.0 Å². The van der Waals surface area contributed by atoms with Gasteiger partial charge in [0.25, 0.3) is 0 Å². The lowest BCUT2D eigenvalue weighted by Gasteiger charge is -2.29. The Morgan fingerprint density at radius 3 is 2.56 bits per heavy atom. The smallest absolute Gasteiger partial charge is 0.232 e. The van der Waals surface area contributed by atoms with Gasteiger partial charge >= 0.3 is 0 Å². The molecule has 0 spiro atoms. The summed E-state index contributed by atoms with van der Waals surface area (Å²) in [6, 6.07) is 0. The Bertz CT molecular complexity index is 436. The SMILES string of the molecule is C=CCC1=C(O)C(=O)[C@]2(O)CCC(=O)[C@]12O. The number of hydrogen-bond acceptors (Lipinski definition) is 5. The van der Waals surface area contributed by atoms with Crippen LogP contribution in [0.2, 0.25) is 0 Å². The molecule has 0 aromatic rings. The average Bonchev–Trinajstić information content (AvgIpc) is 2.56. The number of aliphatic hydroxyl groups excluding tert-OH is 1. The zero-order valence-electron chi connectivity index (χ0n) is 8.56. The molecule has 3 N–H and O–H groups in total. The summed E-state index contributed by atoms with van der Waals surface area (Å²) in [7, 11) is 0. The largest absolute Gasteiger partial charge is 0.504 e. The van der Waals surface area contributed by atoms with Crippen LogP contribution < -0.4 is 0 Å². The van der Waals surface area contributed by atoms with Gasteiger partial charge in [-0.25, -0.2) is 0 Å². The van der Waals surface area contributed by atoms with Crippen molar-refractivity contribution in [1.29, 1.82) is 0 Å². The maximum atomic E-state index is 11.6.